The molecule has 3 heterocycles. The Morgan fingerprint density at radius 1 is 1.00 bits per heavy atom. The van der Waals surface area contributed by atoms with Crippen molar-refractivity contribution in [2.24, 2.45) is 0 Å². The Hall–Kier alpha value is -1.64. The average molecular weight is 435 g/mol. The first kappa shape index (κ1) is 20.3. The molecule has 1 aromatic rings. The molecular weight excluding hydrogens is 404 g/mol. The second-order valence-electron chi connectivity index (χ2n) is 9.05. The third-order valence-electron chi connectivity index (χ3n) is 7.03. The lowest BCUT2D eigenvalue weighted by Gasteiger charge is -2.32. The summed E-state index contributed by atoms with van der Waals surface area (Å²) in [6, 6.07) is 7.43. The highest BCUT2D eigenvalue weighted by Gasteiger charge is 2.43. The molecule has 5 aliphatic rings. The van der Waals surface area contributed by atoms with Crippen molar-refractivity contribution in [3.63, 3.8) is 0 Å². The van der Waals surface area contributed by atoms with Crippen LogP contribution in [-0.4, -0.2) is 62.4 Å². The van der Waals surface area contributed by atoms with Crippen LogP contribution in [0.5, 0.6) is 5.75 Å². The molecule has 2 atom stereocenters. The topological polar surface area (TPSA) is 84.9 Å². The van der Waals surface area contributed by atoms with Gasteiger partial charge in [-0.25, -0.2) is 13.1 Å². The number of nitrogens with zero attached hydrogens (tertiary/aromatic N) is 1. The van der Waals surface area contributed by atoms with Crippen LogP contribution in [0.15, 0.2) is 24.3 Å². The molecule has 0 spiro atoms. The fourth-order valence-corrected chi connectivity index (χ4v) is 6.79. The van der Waals surface area contributed by atoms with Crippen molar-refractivity contribution >= 4 is 15.9 Å². The van der Waals surface area contributed by atoms with Gasteiger partial charge < -0.3 is 14.4 Å². The van der Waals surface area contributed by atoms with Crippen molar-refractivity contribution in [1.82, 2.24) is 9.62 Å². The number of ether oxygens (including phenoxy) is 2. The lowest BCUT2D eigenvalue weighted by molar-refractivity contribution is -0.136. The molecule has 6 rings (SSSR count). The van der Waals surface area contributed by atoms with E-state index in [-0.39, 0.29) is 36.0 Å². The zero-order valence-electron chi connectivity index (χ0n) is 17.2. The summed E-state index contributed by atoms with van der Waals surface area (Å²) in [5.74, 6) is 1.10. The molecule has 0 unspecified atom stereocenters. The van der Waals surface area contributed by atoms with E-state index in [0.29, 0.717) is 25.5 Å². The van der Waals surface area contributed by atoms with Crippen LogP contribution in [0.3, 0.4) is 0 Å². The van der Waals surface area contributed by atoms with Gasteiger partial charge in [0.25, 0.3) is 5.91 Å². The molecule has 1 N–H and O–H groups in total. The summed E-state index contributed by atoms with van der Waals surface area (Å²) < 4.78 is 40.1. The lowest BCUT2D eigenvalue weighted by atomic mass is 9.82. The molecule has 2 saturated carbocycles. The van der Waals surface area contributed by atoms with E-state index in [2.05, 4.69) is 10.8 Å². The summed E-state index contributed by atoms with van der Waals surface area (Å²) in [6.07, 6.45) is 6.22. The molecule has 3 aliphatic heterocycles. The molecule has 164 valence electrons. The van der Waals surface area contributed by atoms with E-state index in [4.69, 9.17) is 9.47 Å². The van der Waals surface area contributed by atoms with E-state index >= 15 is 0 Å². The van der Waals surface area contributed by atoms with Gasteiger partial charge in [-0.2, -0.15) is 0 Å². The van der Waals surface area contributed by atoms with Gasteiger partial charge in [0.2, 0.25) is 10.0 Å². The van der Waals surface area contributed by atoms with Gasteiger partial charge >= 0.3 is 0 Å². The first-order valence-electron chi connectivity index (χ1n) is 11.2. The Bertz CT molecular complexity index is 893. The number of nitrogens with one attached hydrogen (secondary N) is 1. The number of benzene rings is 1. The smallest absolute Gasteiger partial charge is 0.260 e. The van der Waals surface area contributed by atoms with Gasteiger partial charge in [-0.1, -0.05) is 18.2 Å². The average Bonchev–Trinajstić information content (AvgIpc) is 3.54. The highest BCUT2D eigenvalue weighted by atomic mass is 32.2. The number of amides is 1. The number of carbonyl (C=O) groups excluding carboxylic acids is 1. The van der Waals surface area contributed by atoms with Crippen LogP contribution < -0.4 is 9.46 Å². The number of carbonyl (C=O) groups is 1. The van der Waals surface area contributed by atoms with Crippen LogP contribution in [-0.2, 0) is 19.6 Å². The Labute approximate surface area is 178 Å². The molecule has 7 nitrogen and oxygen atoms in total. The van der Waals surface area contributed by atoms with Crippen molar-refractivity contribution in [2.75, 3.05) is 19.8 Å². The van der Waals surface area contributed by atoms with Crippen molar-refractivity contribution in [1.29, 1.82) is 0 Å². The predicted molar refractivity (Wildman–Crippen MR) is 112 cm³/mol. The second kappa shape index (κ2) is 8.13. The van der Waals surface area contributed by atoms with Crippen LogP contribution in [0, 0.1) is 0 Å². The van der Waals surface area contributed by atoms with Gasteiger partial charge in [0, 0.05) is 12.6 Å². The van der Waals surface area contributed by atoms with Crippen LogP contribution in [0.4, 0.5) is 0 Å². The lowest BCUT2D eigenvalue weighted by Crippen LogP contribution is -2.51. The quantitative estimate of drug-likeness (QED) is 0.788. The highest BCUT2D eigenvalue weighted by molar-refractivity contribution is 7.90. The van der Waals surface area contributed by atoms with E-state index < -0.39 is 10.0 Å². The van der Waals surface area contributed by atoms with E-state index in [1.54, 1.807) is 4.90 Å². The first-order chi connectivity index (χ1) is 14.5. The highest BCUT2D eigenvalue weighted by Crippen LogP contribution is 2.39. The Kier molecular flexibility index (Phi) is 5.49. The summed E-state index contributed by atoms with van der Waals surface area (Å²) in [5.41, 5.74) is 1.18. The molecule has 1 aromatic carbocycles. The maximum atomic E-state index is 13.0. The minimum Gasteiger partial charge on any atom is -0.483 e. The van der Waals surface area contributed by atoms with E-state index in [9.17, 15) is 13.2 Å². The SMILES string of the molecule is O=C1COc2ccccc2[C@H]2CC[C@H](CC2)OC[C@H]2[C@@H](NS(=O)(=O)C3CC3)CCN12. The molecule has 2 bridgehead atoms. The molecule has 30 heavy (non-hydrogen) atoms. The van der Waals surface area contributed by atoms with E-state index in [1.807, 2.05) is 18.2 Å². The fourth-order valence-electron chi connectivity index (χ4n) is 5.14. The summed E-state index contributed by atoms with van der Waals surface area (Å²) in [6.45, 7) is 0.848. The molecule has 0 radical (unpaired) electrons. The third kappa shape index (κ3) is 4.09. The maximum Gasteiger partial charge on any atom is 0.260 e. The first-order valence-corrected chi connectivity index (χ1v) is 12.7. The van der Waals surface area contributed by atoms with Crippen LogP contribution in [0.2, 0.25) is 0 Å². The van der Waals surface area contributed by atoms with Gasteiger partial charge in [0.05, 0.1) is 24.0 Å². The molecule has 3 fully saturated rings. The Morgan fingerprint density at radius 2 is 1.77 bits per heavy atom. The Morgan fingerprint density at radius 3 is 2.53 bits per heavy atom. The zero-order valence-corrected chi connectivity index (χ0v) is 18.0. The summed E-state index contributed by atoms with van der Waals surface area (Å²) in [5, 5.41) is -0.270. The molecule has 0 aromatic heterocycles. The number of rotatable bonds is 3. The zero-order chi connectivity index (χ0) is 20.7. The van der Waals surface area contributed by atoms with Crippen molar-refractivity contribution in [3.05, 3.63) is 29.8 Å². The van der Waals surface area contributed by atoms with Crippen molar-refractivity contribution in [2.45, 2.75) is 74.3 Å². The van der Waals surface area contributed by atoms with Crippen LogP contribution in [0.25, 0.3) is 0 Å². The van der Waals surface area contributed by atoms with Gasteiger partial charge in [0.15, 0.2) is 6.61 Å². The summed E-state index contributed by atoms with van der Waals surface area (Å²) in [7, 11) is -3.32. The largest absolute Gasteiger partial charge is 0.483 e. The van der Waals surface area contributed by atoms with Gasteiger partial charge in [0.1, 0.15) is 5.75 Å². The number of sulfonamides is 1. The van der Waals surface area contributed by atoms with Crippen LogP contribution >= 0.6 is 0 Å². The monoisotopic (exact) mass is 434 g/mol. The maximum absolute atomic E-state index is 13.0. The van der Waals surface area contributed by atoms with Gasteiger partial charge in [-0.05, 0) is 62.5 Å². The molecule has 1 saturated heterocycles. The molecule has 1 amide bonds. The van der Waals surface area contributed by atoms with Gasteiger partial charge in [-0.3, -0.25) is 4.79 Å². The minimum atomic E-state index is -3.32. The number of fused-ring (bicyclic) bond motifs is 5. The number of hydrogen-bond acceptors (Lipinski definition) is 5. The van der Waals surface area contributed by atoms with Gasteiger partial charge in [-0.15, -0.1) is 0 Å². The normalized spacial score (nSPS) is 32.4. The fraction of sp³-hybridized carbons (Fsp3) is 0.682. The molecular formula is C22H30N2O5S. The van der Waals surface area contributed by atoms with Crippen molar-refractivity contribution in [3.8, 4) is 5.75 Å². The predicted octanol–water partition coefficient (Wildman–Crippen LogP) is 2.17. The summed E-state index contributed by atoms with van der Waals surface area (Å²) >= 11 is 0. The van der Waals surface area contributed by atoms with E-state index in [1.165, 1.54) is 5.56 Å². The molecule has 2 aliphatic carbocycles. The number of para-hydroxylation sites is 1. The van der Waals surface area contributed by atoms with E-state index in [0.717, 1.165) is 44.3 Å². The number of hydrogen-bond donors (Lipinski definition) is 1. The molecule has 8 heteroatoms. The standard InChI is InChI=1S/C22H30N2O5S/c25-22-14-29-21-4-2-1-3-18(21)15-5-7-16(8-6-15)28-13-20-19(11-12-24(20)22)23-30(26,27)17-9-10-17/h1-4,15-17,19-20,23H,5-14H2/t15-,16+,19-,20-/m0/s1. The third-order valence-corrected chi connectivity index (χ3v) is 9.01. The second-order valence-corrected chi connectivity index (χ2v) is 11.0. The summed E-state index contributed by atoms with van der Waals surface area (Å²) in [4.78, 5) is 14.8. The Balaban J connectivity index is 1.38. The van der Waals surface area contributed by atoms with Crippen molar-refractivity contribution < 1.29 is 22.7 Å². The van der Waals surface area contributed by atoms with Crippen LogP contribution in [0.1, 0.15) is 56.4 Å². The minimum absolute atomic E-state index is 0.0360.